The van der Waals surface area contributed by atoms with Gasteiger partial charge in [0.05, 0.1) is 5.92 Å². The Balaban J connectivity index is 1.55. The van der Waals surface area contributed by atoms with Crippen molar-refractivity contribution in [3.05, 3.63) is 60.2 Å². The lowest BCUT2D eigenvalue weighted by Crippen LogP contribution is -2.27. The second-order valence-electron chi connectivity index (χ2n) is 7.63. The summed E-state index contributed by atoms with van der Waals surface area (Å²) in [5.74, 6) is -0.976. The maximum Gasteiger partial charge on any atom is 0.314 e. The van der Waals surface area contributed by atoms with Crippen LogP contribution in [0.2, 0.25) is 0 Å². The second-order valence-corrected chi connectivity index (χ2v) is 7.63. The van der Waals surface area contributed by atoms with Gasteiger partial charge in [0.2, 0.25) is 5.91 Å². The van der Waals surface area contributed by atoms with E-state index in [-0.39, 0.29) is 18.4 Å². The van der Waals surface area contributed by atoms with Crippen molar-refractivity contribution in [3.63, 3.8) is 0 Å². The van der Waals surface area contributed by atoms with Crippen molar-refractivity contribution in [1.82, 2.24) is 0 Å². The summed E-state index contributed by atoms with van der Waals surface area (Å²) in [6.45, 7) is 4.41. The molecule has 1 aliphatic heterocycles. The third-order valence-electron chi connectivity index (χ3n) is 5.51. The molecule has 1 aliphatic rings. The number of carbonyl (C=O) groups is 3. The number of benzene rings is 2. The van der Waals surface area contributed by atoms with Gasteiger partial charge in [-0.25, -0.2) is 0 Å². The average Bonchev–Trinajstić information content (AvgIpc) is 3.19. The minimum atomic E-state index is -0.402. The Morgan fingerprint density at radius 1 is 1.10 bits per heavy atom. The summed E-state index contributed by atoms with van der Waals surface area (Å²) in [4.78, 5) is 38.5. The number of esters is 1. The van der Waals surface area contributed by atoms with Crippen molar-refractivity contribution >= 4 is 29.2 Å². The number of hydrogen-bond acceptors (Lipinski definition) is 4. The molecule has 2 aromatic rings. The first-order valence-corrected chi connectivity index (χ1v) is 10.4. The lowest BCUT2D eigenvalue weighted by Gasteiger charge is -2.21. The van der Waals surface area contributed by atoms with Gasteiger partial charge in [-0.1, -0.05) is 50.6 Å². The van der Waals surface area contributed by atoms with Gasteiger partial charge in [0.15, 0.2) is 6.61 Å². The summed E-state index contributed by atoms with van der Waals surface area (Å²) in [5, 5.41) is 2.73. The Bertz CT molecular complexity index is 880. The number of carbonyl (C=O) groups excluding carboxylic acids is 3. The molecule has 6 nitrogen and oxygen atoms in total. The maximum atomic E-state index is 12.7. The van der Waals surface area contributed by atoms with Crippen LogP contribution in [0, 0.1) is 5.92 Å². The number of nitrogens with one attached hydrogen (secondary N) is 1. The van der Waals surface area contributed by atoms with Crippen molar-refractivity contribution in [2.45, 2.75) is 39.0 Å². The molecule has 2 atom stereocenters. The molecule has 2 aromatic carbocycles. The molecule has 0 bridgehead atoms. The third kappa shape index (κ3) is 5.26. The number of rotatable bonds is 8. The predicted molar refractivity (Wildman–Crippen MR) is 116 cm³/mol. The van der Waals surface area contributed by atoms with Gasteiger partial charge < -0.3 is 15.0 Å². The summed E-state index contributed by atoms with van der Waals surface area (Å²) in [7, 11) is 0. The Hall–Kier alpha value is -3.15. The van der Waals surface area contributed by atoms with E-state index >= 15 is 0 Å². The highest BCUT2D eigenvalue weighted by atomic mass is 16.5. The largest absolute Gasteiger partial charge is 0.455 e. The summed E-state index contributed by atoms with van der Waals surface area (Å²) in [6, 6.07) is 16.6. The average molecular weight is 408 g/mol. The lowest BCUT2D eigenvalue weighted by molar-refractivity contribution is -0.150. The molecule has 3 rings (SSSR count). The number of anilines is 2. The molecule has 1 fully saturated rings. The first kappa shape index (κ1) is 21.6. The van der Waals surface area contributed by atoms with Crippen LogP contribution in [0.15, 0.2) is 54.6 Å². The smallest absolute Gasteiger partial charge is 0.314 e. The fraction of sp³-hybridized carbons (Fsp3) is 0.375. The zero-order valence-corrected chi connectivity index (χ0v) is 17.5. The van der Waals surface area contributed by atoms with Crippen LogP contribution in [0.1, 0.15) is 44.6 Å². The lowest BCUT2D eigenvalue weighted by atomic mass is 9.86. The summed E-state index contributed by atoms with van der Waals surface area (Å²) in [5.41, 5.74) is 2.30. The van der Waals surface area contributed by atoms with Gasteiger partial charge in [0.25, 0.3) is 5.91 Å². The van der Waals surface area contributed by atoms with Crippen molar-refractivity contribution in [2.24, 2.45) is 5.92 Å². The Labute approximate surface area is 177 Å². The van der Waals surface area contributed by atoms with Crippen molar-refractivity contribution in [1.29, 1.82) is 0 Å². The highest BCUT2D eigenvalue weighted by molar-refractivity contribution is 5.96. The topological polar surface area (TPSA) is 75.7 Å². The minimum absolute atomic E-state index is 0.101. The van der Waals surface area contributed by atoms with Crippen LogP contribution in [0.4, 0.5) is 11.4 Å². The van der Waals surface area contributed by atoms with Crippen LogP contribution < -0.4 is 10.2 Å². The van der Waals surface area contributed by atoms with Gasteiger partial charge in [-0.05, 0) is 42.2 Å². The van der Waals surface area contributed by atoms with Crippen LogP contribution in [0.5, 0.6) is 0 Å². The van der Waals surface area contributed by atoms with Gasteiger partial charge >= 0.3 is 5.97 Å². The molecular weight excluding hydrogens is 380 g/mol. The molecule has 158 valence electrons. The van der Waals surface area contributed by atoms with E-state index in [4.69, 9.17) is 4.74 Å². The zero-order valence-electron chi connectivity index (χ0n) is 17.5. The Morgan fingerprint density at radius 3 is 2.40 bits per heavy atom. The highest BCUT2D eigenvalue weighted by Gasteiger charge is 2.28. The molecule has 1 saturated heterocycles. The molecule has 1 N–H and O–H groups in total. The summed E-state index contributed by atoms with van der Waals surface area (Å²) < 4.78 is 5.33. The van der Waals surface area contributed by atoms with Crippen molar-refractivity contribution < 1.29 is 19.1 Å². The van der Waals surface area contributed by atoms with Crippen LogP contribution in [-0.4, -0.2) is 30.9 Å². The van der Waals surface area contributed by atoms with Gasteiger partial charge in [-0.3, -0.25) is 14.4 Å². The van der Waals surface area contributed by atoms with Gasteiger partial charge in [0.1, 0.15) is 0 Å². The highest BCUT2D eigenvalue weighted by Crippen LogP contribution is 2.28. The molecule has 1 heterocycles. The Kier molecular flexibility index (Phi) is 7.22. The number of hydrogen-bond donors (Lipinski definition) is 1. The fourth-order valence-corrected chi connectivity index (χ4v) is 3.66. The first-order valence-electron chi connectivity index (χ1n) is 10.4. The zero-order chi connectivity index (χ0) is 21.5. The quantitative estimate of drug-likeness (QED) is 0.667. The molecule has 0 spiro atoms. The summed E-state index contributed by atoms with van der Waals surface area (Å²) >= 11 is 0. The van der Waals surface area contributed by atoms with Crippen LogP contribution in [0.25, 0.3) is 0 Å². The standard InChI is InChI=1S/C24H28N2O4/c1-3-17(2)23(18-8-5-4-6-9-18)24(29)30-16-21(27)25-19-11-13-20(14-12-19)26-15-7-10-22(26)28/h4-6,8-9,11-14,17,23H,3,7,10,15-16H2,1-2H3,(H,25,27)/t17-,23+/m0/s1. The van der Waals surface area contributed by atoms with E-state index in [2.05, 4.69) is 5.32 Å². The SMILES string of the molecule is CC[C@H](C)[C@@H](C(=O)OCC(=O)Nc1ccc(N2CCCC2=O)cc1)c1ccccc1. The maximum absolute atomic E-state index is 12.7. The van der Waals surface area contributed by atoms with Gasteiger partial charge in [-0.2, -0.15) is 0 Å². The van der Waals surface area contributed by atoms with E-state index in [0.29, 0.717) is 12.1 Å². The van der Waals surface area contributed by atoms with Crippen LogP contribution in [0.3, 0.4) is 0 Å². The van der Waals surface area contributed by atoms with E-state index in [0.717, 1.165) is 30.6 Å². The minimum Gasteiger partial charge on any atom is -0.455 e. The second kappa shape index (κ2) is 10.1. The van der Waals surface area contributed by atoms with E-state index in [9.17, 15) is 14.4 Å². The van der Waals surface area contributed by atoms with Crippen molar-refractivity contribution in [2.75, 3.05) is 23.4 Å². The normalized spacial score (nSPS) is 15.5. The van der Waals surface area contributed by atoms with E-state index in [1.807, 2.05) is 44.2 Å². The van der Waals surface area contributed by atoms with E-state index in [1.54, 1.807) is 29.2 Å². The van der Waals surface area contributed by atoms with Gasteiger partial charge in [0, 0.05) is 24.3 Å². The van der Waals surface area contributed by atoms with E-state index in [1.165, 1.54) is 0 Å². The third-order valence-corrected chi connectivity index (χ3v) is 5.51. The van der Waals surface area contributed by atoms with Crippen LogP contribution >= 0.6 is 0 Å². The molecular formula is C24H28N2O4. The monoisotopic (exact) mass is 408 g/mol. The predicted octanol–water partition coefficient (Wildman–Crippen LogP) is 4.13. The molecule has 0 radical (unpaired) electrons. The number of nitrogens with zero attached hydrogens (tertiary/aromatic N) is 1. The molecule has 2 amide bonds. The number of ether oxygens (including phenoxy) is 1. The Morgan fingerprint density at radius 2 is 1.80 bits per heavy atom. The fourth-order valence-electron chi connectivity index (χ4n) is 3.66. The van der Waals surface area contributed by atoms with E-state index < -0.39 is 17.8 Å². The molecule has 0 saturated carbocycles. The van der Waals surface area contributed by atoms with Crippen LogP contribution in [-0.2, 0) is 19.1 Å². The van der Waals surface area contributed by atoms with Gasteiger partial charge in [-0.15, -0.1) is 0 Å². The molecule has 0 aliphatic carbocycles. The summed E-state index contributed by atoms with van der Waals surface area (Å²) in [6.07, 6.45) is 2.26. The number of amides is 2. The first-order chi connectivity index (χ1) is 14.5. The molecule has 0 aromatic heterocycles. The molecule has 0 unspecified atom stereocenters. The molecule has 6 heteroatoms. The van der Waals surface area contributed by atoms with Crippen molar-refractivity contribution in [3.8, 4) is 0 Å². The molecule has 30 heavy (non-hydrogen) atoms.